The molecule has 1 aliphatic rings. The number of likely N-dealkylation sites (N-methyl/N-ethyl adjacent to an activating group) is 2. The molecule has 1 atom stereocenters. The number of hydrogen-bond donors (Lipinski definition) is 2. The topological polar surface area (TPSA) is 92.8 Å². The Hall–Kier alpha value is -2.09. The number of fused-ring (bicyclic) bond motifs is 1. The number of imidazole rings is 1. The van der Waals surface area contributed by atoms with E-state index in [0.29, 0.717) is 6.54 Å². The summed E-state index contributed by atoms with van der Waals surface area (Å²) in [6, 6.07) is -1.14. The number of nitrogens with one attached hydrogen (secondary N) is 1. The van der Waals surface area contributed by atoms with Crippen molar-refractivity contribution in [3.05, 3.63) is 17.7 Å². The molecule has 0 spiro atoms. The Labute approximate surface area is 123 Å². The van der Waals surface area contributed by atoms with E-state index in [1.54, 1.807) is 11.9 Å². The van der Waals surface area contributed by atoms with E-state index in [-0.39, 0.29) is 19.0 Å². The molecule has 0 bridgehead atoms. The Kier molecular flexibility index (Phi) is 4.46. The molecule has 8 nitrogen and oxygen atoms in total. The average molecular weight is 295 g/mol. The lowest BCUT2D eigenvalue weighted by Crippen LogP contribution is -2.53. The maximum absolute atomic E-state index is 12.5. The van der Waals surface area contributed by atoms with Gasteiger partial charge in [-0.1, -0.05) is 0 Å². The molecule has 2 N–H and O–H groups in total. The molecular weight excluding hydrogens is 274 g/mol. The summed E-state index contributed by atoms with van der Waals surface area (Å²) in [5, 5.41) is 9.36. The Balaban J connectivity index is 2.12. The number of urea groups is 1. The monoisotopic (exact) mass is 295 g/mol. The van der Waals surface area contributed by atoms with Crippen molar-refractivity contribution < 1.29 is 14.7 Å². The molecule has 0 fully saturated rings. The lowest BCUT2D eigenvalue weighted by atomic mass is 10.0. The van der Waals surface area contributed by atoms with Gasteiger partial charge < -0.3 is 24.8 Å². The van der Waals surface area contributed by atoms with Gasteiger partial charge in [0, 0.05) is 26.6 Å². The first-order chi connectivity index (χ1) is 9.90. The quantitative estimate of drug-likeness (QED) is 0.805. The van der Waals surface area contributed by atoms with Gasteiger partial charge in [-0.25, -0.2) is 14.6 Å². The van der Waals surface area contributed by atoms with Crippen LogP contribution < -0.4 is 0 Å². The van der Waals surface area contributed by atoms with Crippen molar-refractivity contribution in [2.75, 3.05) is 34.2 Å². The lowest BCUT2D eigenvalue weighted by molar-refractivity contribution is -0.142. The minimum atomic E-state index is -1.00. The maximum Gasteiger partial charge on any atom is 0.326 e. The molecular formula is C13H21N5O3. The van der Waals surface area contributed by atoms with Crippen LogP contribution in [0.25, 0.3) is 0 Å². The Bertz CT molecular complexity index is 528. The zero-order valence-corrected chi connectivity index (χ0v) is 12.5. The molecule has 2 amide bonds. The van der Waals surface area contributed by atoms with Crippen LogP contribution in [0, 0.1) is 0 Å². The minimum Gasteiger partial charge on any atom is -0.480 e. The van der Waals surface area contributed by atoms with Crippen molar-refractivity contribution in [2.45, 2.75) is 19.0 Å². The number of aromatic nitrogens is 2. The van der Waals surface area contributed by atoms with E-state index in [9.17, 15) is 14.7 Å². The highest BCUT2D eigenvalue weighted by Gasteiger charge is 2.37. The van der Waals surface area contributed by atoms with Gasteiger partial charge >= 0.3 is 12.0 Å². The van der Waals surface area contributed by atoms with Gasteiger partial charge in [-0.15, -0.1) is 0 Å². The van der Waals surface area contributed by atoms with Gasteiger partial charge in [0.25, 0.3) is 0 Å². The highest BCUT2D eigenvalue weighted by molar-refractivity contribution is 5.83. The lowest BCUT2D eigenvalue weighted by Gasteiger charge is -2.35. The molecule has 0 saturated heterocycles. The standard InChI is InChI=1S/C13H21N5O3/c1-16(2)4-5-17(3)13(21)18-7-10-9(14-8-15-10)6-11(18)12(19)20/h8,11H,4-7H2,1-3H3,(H,14,15)(H,19,20). The van der Waals surface area contributed by atoms with Crippen LogP contribution in [0.5, 0.6) is 0 Å². The maximum atomic E-state index is 12.5. The van der Waals surface area contributed by atoms with Crippen LogP contribution in [0.1, 0.15) is 11.4 Å². The molecule has 2 rings (SSSR count). The van der Waals surface area contributed by atoms with Gasteiger partial charge in [-0.05, 0) is 14.1 Å². The predicted molar refractivity (Wildman–Crippen MR) is 75.8 cm³/mol. The molecule has 0 radical (unpaired) electrons. The summed E-state index contributed by atoms with van der Waals surface area (Å²) in [6.07, 6.45) is 1.77. The largest absolute Gasteiger partial charge is 0.480 e. The van der Waals surface area contributed by atoms with Crippen LogP contribution in [0.2, 0.25) is 0 Å². The van der Waals surface area contributed by atoms with E-state index in [4.69, 9.17) is 0 Å². The number of carbonyl (C=O) groups excluding carboxylic acids is 1. The summed E-state index contributed by atoms with van der Waals surface area (Å²) < 4.78 is 0. The average Bonchev–Trinajstić information content (AvgIpc) is 2.89. The summed E-state index contributed by atoms with van der Waals surface area (Å²) >= 11 is 0. The van der Waals surface area contributed by atoms with Crippen LogP contribution in [0.15, 0.2) is 6.33 Å². The Morgan fingerprint density at radius 3 is 2.76 bits per heavy atom. The third-order valence-electron chi connectivity index (χ3n) is 3.64. The van der Waals surface area contributed by atoms with Crippen LogP contribution in [-0.4, -0.2) is 82.0 Å². The SMILES string of the molecule is CN(C)CCN(C)C(=O)N1Cc2[nH]cnc2CC1C(=O)O. The van der Waals surface area contributed by atoms with Crippen LogP contribution >= 0.6 is 0 Å². The molecule has 1 aromatic heterocycles. The number of aliphatic carboxylic acids is 1. The van der Waals surface area contributed by atoms with Gasteiger partial charge in [0.05, 0.1) is 24.3 Å². The highest BCUT2D eigenvalue weighted by atomic mass is 16.4. The first-order valence-corrected chi connectivity index (χ1v) is 6.80. The molecule has 8 heteroatoms. The van der Waals surface area contributed by atoms with Crippen molar-refractivity contribution >= 4 is 12.0 Å². The minimum absolute atomic E-state index is 0.238. The van der Waals surface area contributed by atoms with Crippen LogP contribution in [-0.2, 0) is 17.8 Å². The fourth-order valence-electron chi connectivity index (χ4n) is 2.32. The van der Waals surface area contributed by atoms with Gasteiger partial charge in [-0.2, -0.15) is 0 Å². The van der Waals surface area contributed by atoms with Crippen molar-refractivity contribution in [1.82, 2.24) is 24.7 Å². The Morgan fingerprint density at radius 2 is 2.14 bits per heavy atom. The molecule has 0 aliphatic carbocycles. The van der Waals surface area contributed by atoms with Crippen molar-refractivity contribution in [3.8, 4) is 0 Å². The van der Waals surface area contributed by atoms with Crippen molar-refractivity contribution in [1.29, 1.82) is 0 Å². The van der Waals surface area contributed by atoms with E-state index in [1.807, 2.05) is 19.0 Å². The van der Waals surface area contributed by atoms with Crippen LogP contribution in [0.3, 0.4) is 0 Å². The smallest absolute Gasteiger partial charge is 0.326 e. The van der Waals surface area contributed by atoms with Gasteiger partial charge in [0.2, 0.25) is 0 Å². The number of nitrogens with zero attached hydrogens (tertiary/aromatic N) is 4. The number of carbonyl (C=O) groups is 2. The molecule has 2 heterocycles. The van der Waals surface area contributed by atoms with Gasteiger partial charge in [0.15, 0.2) is 0 Å². The number of carboxylic acid groups (broad SMARTS) is 1. The summed E-state index contributed by atoms with van der Waals surface area (Å²) in [5.74, 6) is -1.00. The first-order valence-electron chi connectivity index (χ1n) is 6.80. The molecule has 21 heavy (non-hydrogen) atoms. The molecule has 1 aliphatic heterocycles. The summed E-state index contributed by atoms with van der Waals surface area (Å²) in [4.78, 5) is 35.9. The van der Waals surface area contributed by atoms with E-state index >= 15 is 0 Å². The molecule has 116 valence electrons. The second-order valence-electron chi connectivity index (χ2n) is 5.52. The van der Waals surface area contributed by atoms with Gasteiger partial charge in [0.1, 0.15) is 6.04 Å². The van der Waals surface area contributed by atoms with E-state index in [0.717, 1.165) is 17.9 Å². The number of aromatic amines is 1. The Morgan fingerprint density at radius 1 is 1.43 bits per heavy atom. The van der Waals surface area contributed by atoms with E-state index < -0.39 is 12.0 Å². The molecule has 0 saturated carbocycles. The van der Waals surface area contributed by atoms with Gasteiger partial charge in [-0.3, -0.25) is 0 Å². The first kappa shape index (κ1) is 15.3. The fourth-order valence-corrected chi connectivity index (χ4v) is 2.32. The van der Waals surface area contributed by atoms with Crippen LogP contribution in [0.4, 0.5) is 4.79 Å². The number of hydrogen-bond acceptors (Lipinski definition) is 4. The summed E-state index contributed by atoms with van der Waals surface area (Å²) in [7, 11) is 5.54. The molecule has 0 aromatic carbocycles. The van der Waals surface area contributed by atoms with Crippen molar-refractivity contribution in [3.63, 3.8) is 0 Å². The predicted octanol–water partition coefficient (Wildman–Crippen LogP) is -0.166. The molecule has 1 unspecified atom stereocenters. The van der Waals surface area contributed by atoms with E-state index in [2.05, 4.69) is 9.97 Å². The number of H-pyrrole nitrogens is 1. The summed E-state index contributed by atoms with van der Waals surface area (Å²) in [6.45, 7) is 1.52. The highest BCUT2D eigenvalue weighted by Crippen LogP contribution is 2.21. The van der Waals surface area contributed by atoms with Crippen molar-refractivity contribution in [2.24, 2.45) is 0 Å². The zero-order valence-electron chi connectivity index (χ0n) is 12.5. The van der Waals surface area contributed by atoms with E-state index in [1.165, 1.54) is 11.2 Å². The third-order valence-corrected chi connectivity index (χ3v) is 3.64. The third kappa shape index (κ3) is 3.33. The fraction of sp³-hybridized carbons (Fsp3) is 0.615. The summed E-state index contributed by atoms with van der Waals surface area (Å²) in [5.41, 5.74) is 1.53. The number of carboxylic acids is 1. The number of amides is 2. The normalized spacial score (nSPS) is 17.7. The zero-order chi connectivity index (χ0) is 15.6. The molecule has 1 aromatic rings. The second-order valence-corrected chi connectivity index (χ2v) is 5.52. The number of rotatable bonds is 4. The second kappa shape index (κ2) is 6.13.